The van der Waals surface area contributed by atoms with Gasteiger partial charge in [0.05, 0.1) is 17.5 Å². The summed E-state index contributed by atoms with van der Waals surface area (Å²) in [5.74, 6) is -2.16. The van der Waals surface area contributed by atoms with Crippen molar-refractivity contribution in [3.05, 3.63) is 87.7 Å². The first-order valence-corrected chi connectivity index (χ1v) is 7.96. The molecule has 140 valence electrons. The molecule has 2 aromatic carbocycles. The van der Waals surface area contributed by atoms with Crippen molar-refractivity contribution >= 4 is 18.1 Å². The van der Waals surface area contributed by atoms with Crippen molar-refractivity contribution in [2.45, 2.75) is 0 Å². The van der Waals surface area contributed by atoms with Gasteiger partial charge in [0, 0.05) is 5.56 Å². The van der Waals surface area contributed by atoms with Gasteiger partial charge in [0.15, 0.2) is 0 Å². The number of rotatable bonds is 5. The zero-order valence-electron chi connectivity index (χ0n) is 14.2. The molecule has 0 fully saturated rings. The molecule has 1 amide bonds. The van der Waals surface area contributed by atoms with Crippen LogP contribution in [-0.4, -0.2) is 33.2 Å². The van der Waals surface area contributed by atoms with E-state index in [1.165, 1.54) is 60.8 Å². The van der Waals surface area contributed by atoms with Gasteiger partial charge in [-0.15, -0.1) is 0 Å². The van der Waals surface area contributed by atoms with Crippen LogP contribution in [-0.2, 0) is 0 Å². The molecule has 8 nitrogen and oxygen atoms in total. The third kappa shape index (κ3) is 4.52. The minimum absolute atomic E-state index is 0.0716. The van der Waals surface area contributed by atoms with Crippen LogP contribution in [0.15, 0.2) is 64.5 Å². The van der Waals surface area contributed by atoms with E-state index in [1.54, 1.807) is 0 Å². The van der Waals surface area contributed by atoms with Gasteiger partial charge in [-0.25, -0.2) is 19.4 Å². The fourth-order valence-corrected chi connectivity index (χ4v) is 2.29. The first-order valence-electron chi connectivity index (χ1n) is 7.96. The average molecular weight is 380 g/mol. The number of hydrogen-bond acceptors (Lipinski definition) is 5. The molecule has 0 aliphatic carbocycles. The second-order valence-corrected chi connectivity index (χ2v) is 5.62. The number of carbonyl (C=O) groups is 2. The molecular formula is C19H13FN4O4. The van der Waals surface area contributed by atoms with Gasteiger partial charge < -0.3 is 10.1 Å². The largest absolute Gasteiger partial charge is 0.478 e. The maximum atomic E-state index is 13.0. The van der Waals surface area contributed by atoms with E-state index in [0.717, 1.165) is 0 Å². The lowest BCUT2D eigenvalue weighted by molar-refractivity contribution is 0.0696. The number of hydrazone groups is 1. The van der Waals surface area contributed by atoms with Crippen LogP contribution in [0.2, 0.25) is 0 Å². The number of benzene rings is 2. The molecule has 0 radical (unpaired) electrons. The molecule has 9 heteroatoms. The zero-order valence-corrected chi connectivity index (χ0v) is 14.2. The smallest absolute Gasteiger partial charge is 0.346 e. The molecule has 1 heterocycles. The maximum absolute atomic E-state index is 13.0. The Bertz CT molecular complexity index is 1110. The van der Waals surface area contributed by atoms with Crippen molar-refractivity contribution in [1.82, 2.24) is 15.4 Å². The van der Waals surface area contributed by atoms with Gasteiger partial charge >= 0.3 is 11.7 Å². The highest BCUT2D eigenvalue weighted by Crippen LogP contribution is 2.16. The van der Waals surface area contributed by atoms with Crippen molar-refractivity contribution < 1.29 is 19.1 Å². The summed E-state index contributed by atoms with van der Waals surface area (Å²) in [6, 6.07) is 12.5. The van der Waals surface area contributed by atoms with E-state index in [-0.39, 0.29) is 17.0 Å². The third-order valence-electron chi connectivity index (χ3n) is 3.67. The van der Waals surface area contributed by atoms with E-state index in [9.17, 15) is 18.8 Å². The van der Waals surface area contributed by atoms with Crippen LogP contribution in [0.25, 0.3) is 11.3 Å². The average Bonchev–Trinajstić information content (AvgIpc) is 2.68. The van der Waals surface area contributed by atoms with Crippen LogP contribution in [0.3, 0.4) is 0 Å². The van der Waals surface area contributed by atoms with Crippen molar-refractivity contribution in [1.29, 1.82) is 0 Å². The first-order chi connectivity index (χ1) is 13.4. The second kappa shape index (κ2) is 8.04. The van der Waals surface area contributed by atoms with Gasteiger partial charge in [-0.1, -0.05) is 12.1 Å². The molecule has 0 saturated carbocycles. The molecular weight excluding hydrogens is 367 g/mol. The minimum atomic E-state index is -1.05. The van der Waals surface area contributed by atoms with Crippen LogP contribution in [0, 0.1) is 5.82 Å². The molecule has 3 aromatic rings. The van der Waals surface area contributed by atoms with Crippen molar-refractivity contribution in [2.24, 2.45) is 5.10 Å². The van der Waals surface area contributed by atoms with Crippen LogP contribution in [0.4, 0.5) is 4.39 Å². The van der Waals surface area contributed by atoms with Crippen LogP contribution >= 0.6 is 0 Å². The van der Waals surface area contributed by atoms with E-state index < -0.39 is 23.4 Å². The Morgan fingerprint density at radius 3 is 2.43 bits per heavy atom. The number of aromatic carboxylic acids is 1. The van der Waals surface area contributed by atoms with Gasteiger partial charge in [0.2, 0.25) is 0 Å². The standard InChI is InChI=1S/C19H13FN4O4/c20-14-7-5-12(6-8-14)15-9-16(23-19(28)22-15)17(25)24-21-10-11-1-3-13(4-2-11)18(26)27/h1-10H,(H,24,25)(H,26,27)(H,22,23,28)/b21-10+. The van der Waals surface area contributed by atoms with E-state index >= 15 is 0 Å². The minimum Gasteiger partial charge on any atom is -0.478 e. The topological polar surface area (TPSA) is 125 Å². The summed E-state index contributed by atoms with van der Waals surface area (Å²) in [5.41, 5.74) is 2.83. The van der Waals surface area contributed by atoms with Crippen molar-refractivity contribution in [3.8, 4) is 11.3 Å². The number of carbonyl (C=O) groups excluding carboxylic acids is 1. The summed E-state index contributed by atoms with van der Waals surface area (Å²) in [5, 5.41) is 12.6. The molecule has 0 unspecified atom stereocenters. The number of carboxylic acids is 1. The monoisotopic (exact) mass is 380 g/mol. The molecule has 0 aliphatic rings. The Morgan fingerprint density at radius 2 is 1.79 bits per heavy atom. The van der Waals surface area contributed by atoms with E-state index in [4.69, 9.17) is 5.11 Å². The number of aromatic amines is 1. The normalized spacial score (nSPS) is 10.8. The number of hydrogen-bond donors (Lipinski definition) is 3. The van der Waals surface area contributed by atoms with Gasteiger partial charge in [-0.2, -0.15) is 10.1 Å². The molecule has 3 N–H and O–H groups in total. The number of nitrogens with one attached hydrogen (secondary N) is 2. The summed E-state index contributed by atoms with van der Waals surface area (Å²) in [6.45, 7) is 0. The van der Waals surface area contributed by atoms with Gasteiger partial charge in [-0.05, 0) is 48.0 Å². The Kier molecular flexibility index (Phi) is 5.35. The predicted octanol–water partition coefficient (Wildman–Crippen LogP) is 2.04. The van der Waals surface area contributed by atoms with E-state index in [0.29, 0.717) is 11.1 Å². The number of nitrogens with zero attached hydrogens (tertiary/aromatic N) is 2. The SMILES string of the molecule is O=C(O)c1ccc(/C=N/NC(=O)c2cc(-c3ccc(F)cc3)nc(=O)[nH]2)cc1. The lowest BCUT2D eigenvalue weighted by Crippen LogP contribution is -2.24. The number of carboxylic acid groups (broad SMARTS) is 1. The molecule has 0 atom stereocenters. The van der Waals surface area contributed by atoms with Crippen LogP contribution in [0.1, 0.15) is 26.4 Å². The van der Waals surface area contributed by atoms with E-state index in [1.807, 2.05) is 0 Å². The molecule has 1 aromatic heterocycles. The third-order valence-corrected chi connectivity index (χ3v) is 3.67. The molecule has 0 bridgehead atoms. The highest BCUT2D eigenvalue weighted by Gasteiger charge is 2.10. The number of halogens is 1. The number of amides is 1. The maximum Gasteiger partial charge on any atom is 0.346 e. The highest BCUT2D eigenvalue weighted by atomic mass is 19.1. The lowest BCUT2D eigenvalue weighted by Gasteiger charge is -2.04. The van der Waals surface area contributed by atoms with Crippen LogP contribution in [0.5, 0.6) is 0 Å². The molecule has 0 saturated heterocycles. The van der Waals surface area contributed by atoms with Crippen LogP contribution < -0.4 is 11.1 Å². The predicted molar refractivity (Wildman–Crippen MR) is 98.7 cm³/mol. The highest BCUT2D eigenvalue weighted by molar-refractivity contribution is 5.94. The van der Waals surface area contributed by atoms with Gasteiger partial charge in [0.1, 0.15) is 11.5 Å². The fourth-order valence-electron chi connectivity index (χ4n) is 2.29. The number of aromatic nitrogens is 2. The summed E-state index contributed by atoms with van der Waals surface area (Å²) in [7, 11) is 0. The molecule has 0 spiro atoms. The van der Waals surface area contributed by atoms with Crippen molar-refractivity contribution in [3.63, 3.8) is 0 Å². The Morgan fingerprint density at radius 1 is 1.11 bits per heavy atom. The zero-order chi connectivity index (χ0) is 20.1. The molecule has 0 aliphatic heterocycles. The quantitative estimate of drug-likeness (QED) is 0.461. The Labute approximate surface area is 157 Å². The molecule has 28 heavy (non-hydrogen) atoms. The Balaban J connectivity index is 1.74. The summed E-state index contributed by atoms with van der Waals surface area (Å²) < 4.78 is 13.0. The second-order valence-electron chi connectivity index (χ2n) is 5.62. The summed E-state index contributed by atoms with van der Waals surface area (Å²) in [6.07, 6.45) is 1.32. The lowest BCUT2D eigenvalue weighted by atomic mass is 10.1. The van der Waals surface area contributed by atoms with Crippen molar-refractivity contribution in [2.75, 3.05) is 0 Å². The van der Waals surface area contributed by atoms with Gasteiger partial charge in [0.25, 0.3) is 5.91 Å². The molecule has 3 rings (SSSR count). The summed E-state index contributed by atoms with van der Waals surface area (Å²) in [4.78, 5) is 40.8. The summed E-state index contributed by atoms with van der Waals surface area (Å²) >= 11 is 0. The number of H-pyrrole nitrogens is 1. The first kappa shape index (κ1) is 18.6. The van der Waals surface area contributed by atoms with E-state index in [2.05, 4.69) is 20.5 Å². The Hall–Kier alpha value is -4.14. The van der Waals surface area contributed by atoms with Gasteiger partial charge in [-0.3, -0.25) is 4.79 Å². The fraction of sp³-hybridized carbons (Fsp3) is 0.